The highest BCUT2D eigenvalue weighted by Gasteiger charge is 2.12. The number of rotatable bonds is 7. The molecule has 0 spiro atoms. The number of nitrogens with two attached hydrogens (primary N) is 1. The summed E-state index contributed by atoms with van der Waals surface area (Å²) < 4.78 is 32.6. The first-order valence-electron chi connectivity index (χ1n) is 5.66. The lowest BCUT2D eigenvalue weighted by Gasteiger charge is -2.12. The van der Waals surface area contributed by atoms with Crippen LogP contribution in [-0.4, -0.2) is 33.8 Å². The Bertz CT molecular complexity index is 455. The van der Waals surface area contributed by atoms with Crippen LogP contribution in [0.25, 0.3) is 0 Å². The van der Waals surface area contributed by atoms with Crippen LogP contribution in [0.4, 0.5) is 0 Å². The number of hydrogen-bond donors (Lipinski definition) is 1. The van der Waals surface area contributed by atoms with E-state index < -0.39 is 15.9 Å². The van der Waals surface area contributed by atoms with Gasteiger partial charge in [0, 0.05) is 18.9 Å². The van der Waals surface area contributed by atoms with E-state index in [9.17, 15) is 8.42 Å². The average Bonchev–Trinajstić information content (AvgIpc) is 2.28. The summed E-state index contributed by atoms with van der Waals surface area (Å²) in [5.74, 6) is 0.602. The van der Waals surface area contributed by atoms with Gasteiger partial charge in [-0.25, -0.2) is 8.42 Å². The maximum Gasteiger partial charge on any atom is 0.189 e. The minimum Gasteiger partial charge on any atom is -0.468 e. The maximum atomic E-state index is 11.1. The van der Waals surface area contributed by atoms with Crippen LogP contribution in [-0.2, 0) is 14.6 Å². The highest BCUT2D eigenvalue weighted by molar-refractivity contribution is 7.90. The molecule has 0 bridgehead atoms. The lowest BCUT2D eigenvalue weighted by Crippen LogP contribution is -2.20. The van der Waals surface area contributed by atoms with Crippen molar-refractivity contribution in [2.45, 2.75) is 13.0 Å². The van der Waals surface area contributed by atoms with Crippen LogP contribution < -0.4 is 10.5 Å². The quantitative estimate of drug-likeness (QED) is 0.594. The van der Waals surface area contributed by atoms with Gasteiger partial charge in [0.2, 0.25) is 0 Å². The Labute approximate surface area is 108 Å². The van der Waals surface area contributed by atoms with E-state index in [1.165, 1.54) is 6.26 Å². The number of ether oxygens (including phenoxy) is 2. The minimum atomic E-state index is -3.08. The average molecular weight is 273 g/mol. The van der Waals surface area contributed by atoms with Crippen LogP contribution in [0.1, 0.15) is 18.5 Å². The van der Waals surface area contributed by atoms with Crippen LogP contribution in [0.3, 0.4) is 0 Å². The van der Waals surface area contributed by atoms with Crippen molar-refractivity contribution >= 4 is 9.84 Å². The van der Waals surface area contributed by atoms with Gasteiger partial charge in [0.1, 0.15) is 15.6 Å². The van der Waals surface area contributed by atoms with Crippen LogP contribution >= 0.6 is 0 Å². The normalized spacial score (nSPS) is 13.3. The third-order valence-corrected chi connectivity index (χ3v) is 3.27. The zero-order valence-electron chi connectivity index (χ0n) is 10.6. The second-order valence-electron chi connectivity index (χ2n) is 4.02. The monoisotopic (exact) mass is 273 g/mol. The van der Waals surface area contributed by atoms with Gasteiger partial charge in [0.15, 0.2) is 6.79 Å². The van der Waals surface area contributed by atoms with Crippen molar-refractivity contribution in [3.63, 3.8) is 0 Å². The Kier molecular flexibility index (Phi) is 5.58. The predicted octanol–water partition coefficient (Wildman–Crippen LogP) is 1.10. The second kappa shape index (κ2) is 6.72. The van der Waals surface area contributed by atoms with Gasteiger partial charge in [-0.05, 0) is 24.6 Å². The Morgan fingerprint density at radius 1 is 1.28 bits per heavy atom. The van der Waals surface area contributed by atoms with E-state index in [4.69, 9.17) is 15.2 Å². The Morgan fingerprint density at radius 2 is 1.89 bits per heavy atom. The zero-order valence-corrected chi connectivity index (χ0v) is 11.4. The highest BCUT2D eigenvalue weighted by atomic mass is 32.2. The van der Waals surface area contributed by atoms with Crippen LogP contribution in [0.15, 0.2) is 24.3 Å². The molecule has 102 valence electrons. The van der Waals surface area contributed by atoms with Crippen molar-refractivity contribution in [1.29, 1.82) is 0 Å². The smallest absolute Gasteiger partial charge is 0.189 e. The molecule has 1 atom stereocenters. The van der Waals surface area contributed by atoms with Crippen molar-refractivity contribution in [3.8, 4) is 5.75 Å². The molecule has 0 amide bonds. The fourth-order valence-electron chi connectivity index (χ4n) is 1.43. The van der Waals surface area contributed by atoms with E-state index in [0.29, 0.717) is 12.4 Å². The van der Waals surface area contributed by atoms with Crippen molar-refractivity contribution in [3.05, 3.63) is 29.8 Å². The van der Waals surface area contributed by atoms with Gasteiger partial charge in [-0.15, -0.1) is 0 Å². The third kappa shape index (κ3) is 5.48. The molecule has 0 saturated heterocycles. The standard InChI is InChI=1S/C12H19NO4S/c1-3-16-9-17-11-6-4-10(5-7-11)12(13)8-18(2,14)15/h4-7,12H,3,8-9,13H2,1-2H3. The predicted molar refractivity (Wildman–Crippen MR) is 70.2 cm³/mol. The summed E-state index contributed by atoms with van der Waals surface area (Å²) in [6.07, 6.45) is 1.17. The number of benzene rings is 1. The summed E-state index contributed by atoms with van der Waals surface area (Å²) >= 11 is 0. The van der Waals surface area contributed by atoms with Crippen LogP contribution in [0.2, 0.25) is 0 Å². The molecule has 0 aliphatic rings. The van der Waals surface area contributed by atoms with Gasteiger partial charge in [-0.1, -0.05) is 12.1 Å². The first-order chi connectivity index (χ1) is 8.42. The molecule has 5 nitrogen and oxygen atoms in total. The Balaban J connectivity index is 2.59. The molecule has 1 unspecified atom stereocenters. The zero-order chi connectivity index (χ0) is 13.6. The maximum absolute atomic E-state index is 11.1. The molecule has 0 fully saturated rings. The lowest BCUT2D eigenvalue weighted by atomic mass is 10.1. The van der Waals surface area contributed by atoms with E-state index in [1.807, 2.05) is 6.92 Å². The Hall–Kier alpha value is -1.11. The fourth-order valence-corrected chi connectivity index (χ4v) is 2.27. The summed E-state index contributed by atoms with van der Waals surface area (Å²) in [6, 6.07) is 6.50. The minimum absolute atomic E-state index is 0.0633. The SMILES string of the molecule is CCOCOc1ccc(C(N)CS(C)(=O)=O)cc1. The summed E-state index contributed by atoms with van der Waals surface area (Å²) in [6.45, 7) is 2.68. The fraction of sp³-hybridized carbons (Fsp3) is 0.500. The van der Waals surface area contributed by atoms with E-state index >= 15 is 0 Å². The van der Waals surface area contributed by atoms with E-state index in [1.54, 1.807) is 24.3 Å². The molecular formula is C12H19NO4S. The van der Waals surface area contributed by atoms with Gasteiger partial charge in [0.05, 0.1) is 5.75 Å². The largest absolute Gasteiger partial charge is 0.468 e. The summed E-state index contributed by atoms with van der Waals surface area (Å²) in [4.78, 5) is 0. The van der Waals surface area contributed by atoms with Gasteiger partial charge in [0.25, 0.3) is 0 Å². The molecule has 18 heavy (non-hydrogen) atoms. The van der Waals surface area contributed by atoms with Gasteiger partial charge in [-0.3, -0.25) is 0 Å². The van der Waals surface area contributed by atoms with Crippen molar-refractivity contribution in [2.75, 3.05) is 25.4 Å². The molecule has 1 aromatic rings. The Morgan fingerprint density at radius 3 is 2.39 bits per heavy atom. The van der Waals surface area contributed by atoms with E-state index in [0.717, 1.165) is 5.56 Å². The lowest BCUT2D eigenvalue weighted by molar-refractivity contribution is 0.0224. The topological polar surface area (TPSA) is 78.6 Å². The first kappa shape index (κ1) is 14.9. The van der Waals surface area contributed by atoms with E-state index in [2.05, 4.69) is 0 Å². The van der Waals surface area contributed by atoms with E-state index in [-0.39, 0.29) is 12.5 Å². The molecule has 0 saturated carbocycles. The molecule has 0 radical (unpaired) electrons. The molecule has 2 N–H and O–H groups in total. The summed E-state index contributed by atoms with van der Waals surface area (Å²) in [5, 5.41) is 0. The van der Waals surface area contributed by atoms with Gasteiger partial charge < -0.3 is 15.2 Å². The second-order valence-corrected chi connectivity index (χ2v) is 6.21. The molecule has 1 aromatic carbocycles. The van der Waals surface area contributed by atoms with Crippen molar-refractivity contribution in [2.24, 2.45) is 5.73 Å². The van der Waals surface area contributed by atoms with Crippen molar-refractivity contribution < 1.29 is 17.9 Å². The van der Waals surface area contributed by atoms with Crippen LogP contribution in [0.5, 0.6) is 5.75 Å². The summed E-state index contributed by atoms with van der Waals surface area (Å²) in [7, 11) is -3.08. The molecular weight excluding hydrogens is 254 g/mol. The first-order valence-corrected chi connectivity index (χ1v) is 7.72. The molecule has 0 heterocycles. The molecule has 0 aliphatic carbocycles. The molecule has 1 rings (SSSR count). The van der Waals surface area contributed by atoms with Crippen molar-refractivity contribution in [1.82, 2.24) is 0 Å². The van der Waals surface area contributed by atoms with Crippen LogP contribution in [0, 0.1) is 0 Å². The highest BCUT2D eigenvalue weighted by Crippen LogP contribution is 2.17. The molecule has 0 aliphatic heterocycles. The summed E-state index contributed by atoms with van der Waals surface area (Å²) in [5.41, 5.74) is 6.58. The third-order valence-electron chi connectivity index (χ3n) is 2.30. The molecule has 0 aromatic heterocycles. The number of sulfone groups is 1. The molecule has 6 heteroatoms. The van der Waals surface area contributed by atoms with Gasteiger partial charge in [-0.2, -0.15) is 0 Å². The van der Waals surface area contributed by atoms with Gasteiger partial charge >= 0.3 is 0 Å². The number of hydrogen-bond acceptors (Lipinski definition) is 5.